The quantitative estimate of drug-likeness (QED) is 0.613. The minimum atomic E-state index is 0.0963. The summed E-state index contributed by atoms with van der Waals surface area (Å²) in [6.45, 7) is 11.8. The van der Waals surface area contributed by atoms with Crippen molar-refractivity contribution in [1.29, 1.82) is 0 Å². The van der Waals surface area contributed by atoms with E-state index in [1.165, 1.54) is 0 Å². The van der Waals surface area contributed by atoms with E-state index >= 15 is 0 Å². The van der Waals surface area contributed by atoms with Gasteiger partial charge in [0.2, 0.25) is 0 Å². The summed E-state index contributed by atoms with van der Waals surface area (Å²) in [5, 5.41) is 18.2. The van der Waals surface area contributed by atoms with Crippen LogP contribution in [0, 0.1) is 23.7 Å². The normalized spacial score (nSPS) is 19.4. The molecule has 0 bridgehead atoms. The molecule has 0 aromatic heterocycles. The van der Waals surface area contributed by atoms with Crippen molar-refractivity contribution in [3.8, 4) is 0 Å². The molecule has 0 aromatic rings. The molecule has 0 saturated carbocycles. The maximum atomic E-state index is 9.11. The third-order valence-corrected chi connectivity index (χ3v) is 3.21. The van der Waals surface area contributed by atoms with E-state index in [-0.39, 0.29) is 25.0 Å². The molecular weight excluding hydrogens is 176 g/mol. The highest BCUT2D eigenvalue weighted by molar-refractivity contribution is 4.90. The summed E-state index contributed by atoms with van der Waals surface area (Å²) >= 11 is 0. The average molecular weight is 198 g/mol. The predicted octanol–water partition coefficient (Wildman–Crippen LogP) is 1.85. The Hall–Kier alpha value is -0.600. The Bertz CT molecular complexity index is 157. The third-order valence-electron chi connectivity index (χ3n) is 3.21. The molecule has 0 radical (unpaired) electrons. The van der Waals surface area contributed by atoms with Gasteiger partial charge in [-0.2, -0.15) is 0 Å². The molecule has 14 heavy (non-hydrogen) atoms. The lowest BCUT2D eigenvalue weighted by Crippen LogP contribution is -2.27. The van der Waals surface area contributed by atoms with E-state index in [2.05, 4.69) is 27.0 Å². The van der Waals surface area contributed by atoms with Crippen molar-refractivity contribution >= 4 is 0 Å². The number of rotatable bonds is 7. The van der Waals surface area contributed by atoms with Gasteiger partial charge in [0, 0.05) is 25.0 Å². The molecule has 0 fully saturated rings. The van der Waals surface area contributed by atoms with Crippen LogP contribution in [-0.2, 0) is 0 Å². The smallest absolute Gasteiger partial charge is 0.0496 e. The minimum Gasteiger partial charge on any atom is -0.396 e. The molecule has 0 heterocycles. The second-order valence-corrected chi connectivity index (χ2v) is 3.88. The Kier molecular flexibility index (Phi) is 6.50. The number of hydrogen-bond donors (Lipinski definition) is 2. The van der Waals surface area contributed by atoms with Crippen LogP contribution in [0.4, 0.5) is 0 Å². The van der Waals surface area contributed by atoms with Crippen molar-refractivity contribution in [3.05, 3.63) is 25.3 Å². The molecule has 0 aliphatic heterocycles. The first-order chi connectivity index (χ1) is 6.62. The molecule has 0 aliphatic carbocycles. The van der Waals surface area contributed by atoms with Gasteiger partial charge in [0.25, 0.3) is 0 Å². The molecule has 0 amide bonds. The largest absolute Gasteiger partial charge is 0.396 e. The second-order valence-electron chi connectivity index (χ2n) is 3.88. The molecule has 0 spiro atoms. The van der Waals surface area contributed by atoms with Crippen molar-refractivity contribution in [2.24, 2.45) is 23.7 Å². The summed E-state index contributed by atoms with van der Waals surface area (Å²) in [5.41, 5.74) is 0. The van der Waals surface area contributed by atoms with Crippen LogP contribution >= 0.6 is 0 Å². The van der Waals surface area contributed by atoms with Gasteiger partial charge in [0.05, 0.1) is 0 Å². The van der Waals surface area contributed by atoms with Gasteiger partial charge in [-0.3, -0.25) is 0 Å². The molecule has 0 aromatic carbocycles. The lowest BCUT2D eigenvalue weighted by molar-refractivity contribution is 0.134. The van der Waals surface area contributed by atoms with E-state index in [1.54, 1.807) is 12.2 Å². The van der Waals surface area contributed by atoms with Gasteiger partial charge in [-0.1, -0.05) is 26.0 Å². The Labute approximate surface area is 87.0 Å². The van der Waals surface area contributed by atoms with Gasteiger partial charge in [-0.05, 0) is 11.8 Å². The monoisotopic (exact) mass is 198 g/mol. The lowest BCUT2D eigenvalue weighted by Gasteiger charge is -2.29. The second kappa shape index (κ2) is 6.80. The van der Waals surface area contributed by atoms with Crippen LogP contribution in [0.5, 0.6) is 0 Å². The van der Waals surface area contributed by atoms with Crippen molar-refractivity contribution in [3.63, 3.8) is 0 Å². The van der Waals surface area contributed by atoms with E-state index in [4.69, 9.17) is 10.2 Å². The number of hydrogen-bond acceptors (Lipinski definition) is 2. The van der Waals surface area contributed by atoms with Gasteiger partial charge in [0.1, 0.15) is 0 Å². The Morgan fingerprint density at radius 3 is 1.36 bits per heavy atom. The summed E-state index contributed by atoms with van der Waals surface area (Å²) in [7, 11) is 0. The first kappa shape index (κ1) is 13.4. The first-order valence-corrected chi connectivity index (χ1v) is 5.09. The van der Waals surface area contributed by atoms with Crippen LogP contribution in [-0.4, -0.2) is 23.4 Å². The SMILES string of the molecule is C=C[C@@H](CO)[C@H](C)[C@H](C)[C@@H](C=C)CO. The maximum absolute atomic E-state index is 9.11. The zero-order valence-electron chi connectivity index (χ0n) is 9.19. The highest BCUT2D eigenvalue weighted by Crippen LogP contribution is 2.27. The summed E-state index contributed by atoms with van der Waals surface area (Å²) < 4.78 is 0. The third kappa shape index (κ3) is 3.28. The molecule has 2 N–H and O–H groups in total. The molecule has 0 rings (SSSR count). The predicted molar refractivity (Wildman–Crippen MR) is 59.9 cm³/mol. The standard InChI is InChI=1S/C12H22O2/c1-5-11(7-13)9(3)10(4)12(6-2)8-14/h5-6,9-14H,1-2,7-8H2,3-4H3/t9-,10+,11-,12-/m0/s1. The van der Waals surface area contributed by atoms with Crippen molar-refractivity contribution < 1.29 is 10.2 Å². The minimum absolute atomic E-state index is 0.0963. The van der Waals surface area contributed by atoms with Gasteiger partial charge < -0.3 is 10.2 Å². The average Bonchev–Trinajstić information content (AvgIpc) is 2.21. The highest BCUT2D eigenvalue weighted by atomic mass is 16.3. The Balaban J connectivity index is 4.40. The van der Waals surface area contributed by atoms with Crippen molar-refractivity contribution in [2.45, 2.75) is 13.8 Å². The lowest BCUT2D eigenvalue weighted by atomic mass is 9.77. The fourth-order valence-electron chi connectivity index (χ4n) is 1.69. The first-order valence-electron chi connectivity index (χ1n) is 5.09. The topological polar surface area (TPSA) is 40.5 Å². The molecule has 4 atom stereocenters. The molecule has 82 valence electrons. The number of aliphatic hydroxyl groups is 2. The zero-order valence-corrected chi connectivity index (χ0v) is 9.19. The molecule has 0 unspecified atom stereocenters. The van der Waals surface area contributed by atoms with Crippen LogP contribution in [0.1, 0.15) is 13.8 Å². The summed E-state index contributed by atoms with van der Waals surface area (Å²) in [5.74, 6) is 0.790. The van der Waals surface area contributed by atoms with E-state index in [1.807, 2.05) is 0 Å². The van der Waals surface area contributed by atoms with Gasteiger partial charge in [0.15, 0.2) is 0 Å². The molecule has 0 saturated heterocycles. The van der Waals surface area contributed by atoms with E-state index in [0.717, 1.165) is 0 Å². The summed E-state index contributed by atoms with van der Waals surface area (Å²) in [6, 6.07) is 0. The Morgan fingerprint density at radius 2 is 1.21 bits per heavy atom. The zero-order chi connectivity index (χ0) is 11.1. The molecule has 2 heteroatoms. The summed E-state index contributed by atoms with van der Waals surface area (Å²) in [6.07, 6.45) is 3.55. The van der Waals surface area contributed by atoms with Crippen molar-refractivity contribution in [2.75, 3.05) is 13.2 Å². The van der Waals surface area contributed by atoms with Crippen molar-refractivity contribution in [1.82, 2.24) is 0 Å². The molecule has 0 aliphatic rings. The van der Waals surface area contributed by atoms with E-state index < -0.39 is 0 Å². The van der Waals surface area contributed by atoms with Gasteiger partial charge in [-0.15, -0.1) is 13.2 Å². The fraction of sp³-hybridized carbons (Fsp3) is 0.667. The summed E-state index contributed by atoms with van der Waals surface area (Å²) in [4.78, 5) is 0. The van der Waals surface area contributed by atoms with Gasteiger partial charge >= 0.3 is 0 Å². The van der Waals surface area contributed by atoms with Crippen LogP contribution < -0.4 is 0 Å². The fourth-order valence-corrected chi connectivity index (χ4v) is 1.69. The van der Waals surface area contributed by atoms with E-state index in [0.29, 0.717) is 11.8 Å². The number of aliphatic hydroxyl groups excluding tert-OH is 2. The van der Waals surface area contributed by atoms with E-state index in [9.17, 15) is 0 Å². The van der Waals surface area contributed by atoms with Crippen LogP contribution in [0.3, 0.4) is 0 Å². The van der Waals surface area contributed by atoms with Crippen LogP contribution in [0.15, 0.2) is 25.3 Å². The van der Waals surface area contributed by atoms with Crippen LogP contribution in [0.2, 0.25) is 0 Å². The van der Waals surface area contributed by atoms with Crippen LogP contribution in [0.25, 0.3) is 0 Å². The highest BCUT2D eigenvalue weighted by Gasteiger charge is 2.24. The maximum Gasteiger partial charge on any atom is 0.0496 e. The Morgan fingerprint density at radius 1 is 0.929 bits per heavy atom. The molecule has 2 nitrogen and oxygen atoms in total. The molecular formula is C12H22O2. The van der Waals surface area contributed by atoms with Gasteiger partial charge in [-0.25, -0.2) is 0 Å².